The summed E-state index contributed by atoms with van der Waals surface area (Å²) >= 11 is 0. The minimum atomic E-state index is -0.708. The molecule has 1 rings (SSSR count). The summed E-state index contributed by atoms with van der Waals surface area (Å²) in [6.45, 7) is 6.50. The van der Waals surface area contributed by atoms with E-state index in [-0.39, 0.29) is 5.97 Å². The van der Waals surface area contributed by atoms with E-state index in [9.17, 15) is 4.79 Å². The topological polar surface area (TPSA) is 47.6 Å². The van der Waals surface area contributed by atoms with Crippen molar-refractivity contribution >= 4 is 5.97 Å². The van der Waals surface area contributed by atoms with Gasteiger partial charge < -0.3 is 14.8 Å². The van der Waals surface area contributed by atoms with Crippen LogP contribution in [0.15, 0.2) is 24.3 Å². The lowest BCUT2D eigenvalue weighted by Gasteiger charge is -2.26. The Hall–Kier alpha value is -1.55. The van der Waals surface area contributed by atoms with E-state index in [4.69, 9.17) is 9.47 Å². The van der Waals surface area contributed by atoms with Crippen LogP contribution in [-0.4, -0.2) is 31.8 Å². The maximum atomic E-state index is 11.8. The predicted octanol–water partition coefficient (Wildman–Crippen LogP) is 2.31. The van der Waals surface area contributed by atoms with Crippen molar-refractivity contribution in [1.29, 1.82) is 0 Å². The maximum Gasteiger partial charge on any atom is 0.326 e. The molecule has 0 radical (unpaired) electrons. The van der Waals surface area contributed by atoms with E-state index >= 15 is 0 Å². The number of benzene rings is 1. The third-order valence-electron chi connectivity index (χ3n) is 3.17. The summed E-state index contributed by atoms with van der Waals surface area (Å²) < 4.78 is 10.7. The quantitative estimate of drug-likeness (QED) is 0.769. The van der Waals surface area contributed by atoms with E-state index in [1.54, 1.807) is 14.0 Å². The second-order valence-electron chi connectivity index (χ2n) is 4.71. The molecule has 0 saturated heterocycles. The summed E-state index contributed by atoms with van der Waals surface area (Å²) in [6.07, 6.45) is 0.552. The van der Waals surface area contributed by atoms with E-state index in [0.717, 1.165) is 5.75 Å². The average Bonchev–Trinajstić information content (AvgIpc) is 2.41. The fourth-order valence-corrected chi connectivity index (χ4v) is 1.63. The molecular formula is C15H23NO3. The molecule has 0 saturated carbocycles. The highest BCUT2D eigenvalue weighted by Crippen LogP contribution is 2.15. The Labute approximate surface area is 115 Å². The predicted molar refractivity (Wildman–Crippen MR) is 75.4 cm³/mol. The molecule has 1 atom stereocenters. The van der Waals surface area contributed by atoms with Crippen molar-refractivity contribution in [1.82, 2.24) is 5.32 Å². The smallest absolute Gasteiger partial charge is 0.326 e. The first-order valence-electron chi connectivity index (χ1n) is 6.57. The zero-order valence-corrected chi connectivity index (χ0v) is 12.2. The molecule has 4 nitrogen and oxygen atoms in total. The molecule has 0 amide bonds. The van der Waals surface area contributed by atoms with Gasteiger partial charge in [0.1, 0.15) is 11.3 Å². The summed E-state index contributed by atoms with van der Waals surface area (Å²) in [7, 11) is 1.75. The van der Waals surface area contributed by atoms with Crippen LogP contribution in [0.3, 0.4) is 0 Å². The summed E-state index contributed by atoms with van der Waals surface area (Å²) in [5.74, 6) is 0.568. The van der Waals surface area contributed by atoms with E-state index in [1.165, 1.54) is 5.56 Å². The summed E-state index contributed by atoms with van der Waals surface area (Å²) in [6, 6.07) is 7.85. The molecule has 1 N–H and O–H groups in total. The van der Waals surface area contributed by atoms with Gasteiger partial charge in [-0.05, 0) is 40.0 Å². The Balaban J connectivity index is 2.49. The fraction of sp³-hybridized carbons (Fsp3) is 0.533. The van der Waals surface area contributed by atoms with Gasteiger partial charge in [-0.1, -0.05) is 17.7 Å². The third-order valence-corrected chi connectivity index (χ3v) is 3.17. The number of esters is 1. The first-order valence-corrected chi connectivity index (χ1v) is 6.57. The molecule has 0 aliphatic rings. The van der Waals surface area contributed by atoms with Crippen molar-refractivity contribution in [2.45, 2.75) is 32.7 Å². The molecular weight excluding hydrogens is 242 g/mol. The Morgan fingerprint density at radius 1 is 1.32 bits per heavy atom. The largest absolute Gasteiger partial charge is 0.494 e. The number of aryl methyl sites for hydroxylation is 1. The fourth-order valence-electron chi connectivity index (χ4n) is 1.63. The average molecular weight is 265 g/mol. The van der Waals surface area contributed by atoms with Crippen LogP contribution in [0, 0.1) is 6.92 Å². The Bertz CT molecular complexity index is 402. The summed E-state index contributed by atoms with van der Waals surface area (Å²) in [5.41, 5.74) is 0.486. The molecule has 0 bridgehead atoms. The molecule has 1 aromatic carbocycles. The van der Waals surface area contributed by atoms with Gasteiger partial charge in [-0.2, -0.15) is 0 Å². The number of ether oxygens (including phenoxy) is 2. The second kappa shape index (κ2) is 7.14. The Morgan fingerprint density at radius 2 is 1.95 bits per heavy atom. The van der Waals surface area contributed by atoms with E-state index in [1.807, 2.05) is 38.1 Å². The summed E-state index contributed by atoms with van der Waals surface area (Å²) in [5, 5.41) is 3.00. The second-order valence-corrected chi connectivity index (χ2v) is 4.71. The molecule has 0 spiro atoms. The normalized spacial score (nSPS) is 13.7. The standard InChI is InChI=1S/C15H23NO3/c1-5-18-14(17)15(3,16-4)10-11-19-13-8-6-12(2)7-9-13/h6-9,16H,5,10-11H2,1-4H3. The van der Waals surface area contributed by atoms with Gasteiger partial charge in [0.15, 0.2) is 0 Å². The van der Waals surface area contributed by atoms with Crippen molar-refractivity contribution < 1.29 is 14.3 Å². The molecule has 0 heterocycles. The number of carbonyl (C=O) groups is 1. The number of rotatable bonds is 7. The van der Waals surface area contributed by atoms with Crippen LogP contribution >= 0.6 is 0 Å². The SMILES string of the molecule is CCOC(=O)C(C)(CCOc1ccc(C)cc1)NC. The molecule has 19 heavy (non-hydrogen) atoms. The molecule has 4 heteroatoms. The van der Waals surface area contributed by atoms with Crippen LogP contribution in [0.2, 0.25) is 0 Å². The molecule has 106 valence electrons. The lowest BCUT2D eigenvalue weighted by atomic mass is 9.99. The van der Waals surface area contributed by atoms with Crippen molar-refractivity contribution in [3.8, 4) is 5.75 Å². The number of hydrogen-bond donors (Lipinski definition) is 1. The number of hydrogen-bond acceptors (Lipinski definition) is 4. The zero-order chi connectivity index (χ0) is 14.3. The minimum Gasteiger partial charge on any atom is -0.494 e. The Morgan fingerprint density at radius 3 is 2.47 bits per heavy atom. The number of likely N-dealkylation sites (N-methyl/N-ethyl adjacent to an activating group) is 1. The minimum absolute atomic E-state index is 0.245. The van der Waals surface area contributed by atoms with Gasteiger partial charge in [-0.15, -0.1) is 0 Å². The third kappa shape index (κ3) is 4.56. The molecule has 0 aromatic heterocycles. The van der Waals surface area contributed by atoms with Crippen LogP contribution in [0.5, 0.6) is 5.75 Å². The monoisotopic (exact) mass is 265 g/mol. The Kier molecular flexibility index (Phi) is 5.83. The van der Waals surface area contributed by atoms with Crippen LogP contribution in [-0.2, 0) is 9.53 Å². The van der Waals surface area contributed by atoms with Gasteiger partial charge in [0.2, 0.25) is 0 Å². The maximum absolute atomic E-state index is 11.8. The van der Waals surface area contributed by atoms with Gasteiger partial charge in [0.25, 0.3) is 0 Å². The van der Waals surface area contributed by atoms with Crippen molar-refractivity contribution in [3.05, 3.63) is 29.8 Å². The van der Waals surface area contributed by atoms with Gasteiger partial charge in [0, 0.05) is 6.42 Å². The molecule has 0 aliphatic heterocycles. The number of nitrogens with one attached hydrogen (secondary N) is 1. The van der Waals surface area contributed by atoms with Gasteiger partial charge in [0.05, 0.1) is 13.2 Å². The van der Waals surface area contributed by atoms with Gasteiger partial charge in [-0.3, -0.25) is 4.79 Å². The van der Waals surface area contributed by atoms with Crippen molar-refractivity contribution in [2.24, 2.45) is 0 Å². The highest BCUT2D eigenvalue weighted by Gasteiger charge is 2.32. The van der Waals surface area contributed by atoms with Crippen molar-refractivity contribution in [2.75, 3.05) is 20.3 Å². The molecule has 1 aromatic rings. The van der Waals surface area contributed by atoms with Gasteiger partial charge >= 0.3 is 5.97 Å². The zero-order valence-electron chi connectivity index (χ0n) is 12.2. The molecule has 0 aliphatic carbocycles. The molecule has 0 fully saturated rings. The highest BCUT2D eigenvalue weighted by atomic mass is 16.5. The van der Waals surface area contributed by atoms with E-state index in [2.05, 4.69) is 5.32 Å². The first kappa shape index (κ1) is 15.5. The summed E-state index contributed by atoms with van der Waals surface area (Å²) in [4.78, 5) is 11.8. The van der Waals surface area contributed by atoms with Crippen molar-refractivity contribution in [3.63, 3.8) is 0 Å². The van der Waals surface area contributed by atoms with Crippen LogP contribution in [0.1, 0.15) is 25.8 Å². The first-order chi connectivity index (χ1) is 9.01. The number of carbonyl (C=O) groups excluding carboxylic acids is 1. The van der Waals surface area contributed by atoms with Crippen LogP contribution in [0.4, 0.5) is 0 Å². The van der Waals surface area contributed by atoms with E-state index in [0.29, 0.717) is 19.6 Å². The lowest BCUT2D eigenvalue weighted by molar-refractivity contribution is -0.150. The molecule has 1 unspecified atom stereocenters. The van der Waals surface area contributed by atoms with Crippen LogP contribution in [0.25, 0.3) is 0 Å². The lowest BCUT2D eigenvalue weighted by Crippen LogP contribution is -2.49. The highest BCUT2D eigenvalue weighted by molar-refractivity contribution is 5.80. The van der Waals surface area contributed by atoms with Gasteiger partial charge in [-0.25, -0.2) is 0 Å². The van der Waals surface area contributed by atoms with Crippen LogP contribution < -0.4 is 10.1 Å². The van der Waals surface area contributed by atoms with E-state index < -0.39 is 5.54 Å².